The molecular weight excluding hydrogens is 352 g/mol. The number of aromatic carboxylic acids is 1. The predicted octanol–water partition coefficient (Wildman–Crippen LogP) is 4.15. The molecule has 0 aliphatic rings. The molecule has 0 bridgehead atoms. The average molecular weight is 369 g/mol. The second kappa shape index (κ2) is 6.83. The largest absolute Gasteiger partial charge is 0.477 e. The summed E-state index contributed by atoms with van der Waals surface area (Å²) in [6.45, 7) is 5.49. The quantitative estimate of drug-likeness (QED) is 0.699. The number of carbonyl (C=O) groups is 1. The number of carboxylic acids is 1. The van der Waals surface area contributed by atoms with Crippen molar-refractivity contribution in [1.29, 1.82) is 0 Å². The number of aromatic nitrogens is 3. The van der Waals surface area contributed by atoms with E-state index in [0.29, 0.717) is 17.1 Å². The van der Waals surface area contributed by atoms with E-state index in [-0.39, 0.29) is 11.3 Å². The maximum absolute atomic E-state index is 14.0. The number of pyridine rings is 3. The molecule has 0 fully saturated rings. The van der Waals surface area contributed by atoms with Gasteiger partial charge in [-0.3, -0.25) is 4.98 Å². The zero-order valence-electron chi connectivity index (χ0n) is 15.0. The first kappa shape index (κ1) is 18.6. The second-order valence-electron chi connectivity index (χ2n) is 6.73. The molecule has 27 heavy (non-hydrogen) atoms. The maximum Gasteiger partial charge on any atom is 0.354 e. The van der Waals surface area contributed by atoms with Gasteiger partial charge in [0.15, 0.2) is 0 Å². The van der Waals surface area contributed by atoms with Gasteiger partial charge in [0.25, 0.3) is 0 Å². The summed E-state index contributed by atoms with van der Waals surface area (Å²) < 4.78 is 27.1. The van der Waals surface area contributed by atoms with Crippen LogP contribution >= 0.6 is 0 Å². The number of rotatable bonds is 4. The van der Waals surface area contributed by atoms with Gasteiger partial charge in [0, 0.05) is 5.41 Å². The molecule has 0 aromatic carbocycles. The Labute approximate surface area is 154 Å². The van der Waals surface area contributed by atoms with Crippen molar-refractivity contribution in [3.63, 3.8) is 0 Å². The minimum absolute atomic E-state index is 0.0528. The Morgan fingerprint density at radius 2 is 1.74 bits per heavy atom. The SMILES string of the molecule is Cc1cc(C(=O)O)nc(C(C)(C)c2cccc(-c3ccc(F)nc3F)n2)c1. The van der Waals surface area contributed by atoms with Crippen molar-refractivity contribution in [2.24, 2.45) is 0 Å². The monoisotopic (exact) mass is 369 g/mol. The molecule has 0 radical (unpaired) electrons. The third-order valence-electron chi connectivity index (χ3n) is 4.31. The van der Waals surface area contributed by atoms with E-state index in [1.807, 2.05) is 13.8 Å². The van der Waals surface area contributed by atoms with Gasteiger partial charge in [0.05, 0.1) is 22.6 Å². The van der Waals surface area contributed by atoms with E-state index < -0.39 is 23.3 Å². The van der Waals surface area contributed by atoms with Crippen LogP contribution in [-0.2, 0) is 5.41 Å². The van der Waals surface area contributed by atoms with Crippen LogP contribution in [0.5, 0.6) is 0 Å². The first-order valence-electron chi connectivity index (χ1n) is 8.21. The fourth-order valence-corrected chi connectivity index (χ4v) is 2.76. The van der Waals surface area contributed by atoms with Crippen molar-refractivity contribution in [3.8, 4) is 11.3 Å². The molecule has 0 amide bonds. The topological polar surface area (TPSA) is 76.0 Å². The Kier molecular flexibility index (Phi) is 4.70. The number of aryl methyl sites for hydroxylation is 1. The van der Waals surface area contributed by atoms with Crippen LogP contribution in [0.25, 0.3) is 11.3 Å². The summed E-state index contributed by atoms with van der Waals surface area (Å²) >= 11 is 0. The molecule has 0 spiro atoms. The lowest BCUT2D eigenvalue weighted by Crippen LogP contribution is -2.23. The number of nitrogens with zero attached hydrogens (tertiary/aromatic N) is 3. The van der Waals surface area contributed by atoms with Crippen LogP contribution in [0.15, 0.2) is 42.5 Å². The summed E-state index contributed by atoms with van der Waals surface area (Å²) in [6.07, 6.45) is 0. The van der Waals surface area contributed by atoms with Crippen LogP contribution in [0.1, 0.15) is 41.3 Å². The number of halogens is 2. The van der Waals surface area contributed by atoms with Gasteiger partial charge in [0.2, 0.25) is 11.9 Å². The van der Waals surface area contributed by atoms with Gasteiger partial charge in [-0.25, -0.2) is 9.78 Å². The summed E-state index contributed by atoms with van der Waals surface area (Å²) in [6, 6.07) is 10.7. The lowest BCUT2D eigenvalue weighted by Gasteiger charge is -2.25. The molecule has 3 heterocycles. The van der Waals surface area contributed by atoms with Crippen molar-refractivity contribution in [2.75, 3.05) is 0 Å². The summed E-state index contributed by atoms with van der Waals surface area (Å²) in [5.41, 5.74) is 1.45. The summed E-state index contributed by atoms with van der Waals surface area (Å²) in [7, 11) is 0. The Morgan fingerprint density at radius 3 is 2.41 bits per heavy atom. The van der Waals surface area contributed by atoms with Gasteiger partial charge in [0.1, 0.15) is 5.69 Å². The predicted molar refractivity (Wildman–Crippen MR) is 95.4 cm³/mol. The highest BCUT2D eigenvalue weighted by Crippen LogP contribution is 2.31. The molecule has 0 atom stereocenters. The zero-order chi connectivity index (χ0) is 19.8. The molecule has 0 saturated heterocycles. The normalized spacial score (nSPS) is 11.4. The van der Waals surface area contributed by atoms with Gasteiger partial charge < -0.3 is 5.11 Å². The van der Waals surface area contributed by atoms with Crippen LogP contribution in [0, 0.1) is 18.8 Å². The number of carboxylic acid groups (broad SMARTS) is 1. The molecule has 5 nitrogen and oxygen atoms in total. The first-order chi connectivity index (χ1) is 12.7. The van der Waals surface area contributed by atoms with Gasteiger partial charge in [-0.05, 0) is 62.7 Å². The van der Waals surface area contributed by atoms with E-state index >= 15 is 0 Å². The molecule has 0 unspecified atom stereocenters. The van der Waals surface area contributed by atoms with Gasteiger partial charge in [-0.15, -0.1) is 0 Å². The van der Waals surface area contributed by atoms with Crippen molar-refractivity contribution in [2.45, 2.75) is 26.2 Å². The van der Waals surface area contributed by atoms with Crippen LogP contribution in [0.4, 0.5) is 8.78 Å². The smallest absolute Gasteiger partial charge is 0.354 e. The van der Waals surface area contributed by atoms with Crippen molar-refractivity contribution >= 4 is 5.97 Å². The second-order valence-corrected chi connectivity index (χ2v) is 6.73. The first-order valence-corrected chi connectivity index (χ1v) is 8.21. The molecule has 0 saturated carbocycles. The van der Waals surface area contributed by atoms with Crippen LogP contribution < -0.4 is 0 Å². The molecule has 3 aromatic heterocycles. The molecule has 138 valence electrons. The highest BCUT2D eigenvalue weighted by atomic mass is 19.1. The molecule has 0 aliphatic carbocycles. The fraction of sp³-hybridized carbons (Fsp3) is 0.200. The minimum Gasteiger partial charge on any atom is -0.477 e. The van der Waals surface area contributed by atoms with Gasteiger partial charge >= 0.3 is 5.97 Å². The summed E-state index contributed by atoms with van der Waals surface area (Å²) in [5, 5.41) is 9.26. The van der Waals surface area contributed by atoms with Crippen LogP contribution in [-0.4, -0.2) is 26.0 Å². The van der Waals surface area contributed by atoms with Gasteiger partial charge in [-0.1, -0.05) is 6.07 Å². The molecular formula is C20H17F2N3O2. The molecule has 3 rings (SSSR count). The Bertz CT molecular complexity index is 1040. The van der Waals surface area contributed by atoms with Crippen molar-refractivity contribution in [3.05, 3.63) is 77.0 Å². The molecule has 7 heteroatoms. The van der Waals surface area contributed by atoms with E-state index in [0.717, 1.165) is 11.6 Å². The maximum atomic E-state index is 14.0. The third-order valence-corrected chi connectivity index (χ3v) is 4.31. The molecule has 0 aliphatic heterocycles. The Morgan fingerprint density at radius 1 is 1.00 bits per heavy atom. The zero-order valence-corrected chi connectivity index (χ0v) is 15.0. The number of hydrogen-bond acceptors (Lipinski definition) is 4. The summed E-state index contributed by atoms with van der Waals surface area (Å²) in [5.74, 6) is -2.96. The van der Waals surface area contributed by atoms with Crippen molar-refractivity contribution < 1.29 is 18.7 Å². The van der Waals surface area contributed by atoms with E-state index in [1.165, 1.54) is 12.1 Å². The van der Waals surface area contributed by atoms with E-state index in [9.17, 15) is 18.7 Å². The van der Waals surface area contributed by atoms with E-state index in [2.05, 4.69) is 15.0 Å². The number of hydrogen-bond donors (Lipinski definition) is 1. The van der Waals surface area contributed by atoms with Crippen molar-refractivity contribution in [1.82, 2.24) is 15.0 Å². The van der Waals surface area contributed by atoms with Crippen LogP contribution in [0.3, 0.4) is 0 Å². The highest BCUT2D eigenvalue weighted by Gasteiger charge is 2.28. The Hall–Kier alpha value is -3.22. The highest BCUT2D eigenvalue weighted by molar-refractivity contribution is 5.85. The lowest BCUT2D eigenvalue weighted by molar-refractivity contribution is 0.0690. The molecule has 3 aromatic rings. The Balaban J connectivity index is 2.09. The fourth-order valence-electron chi connectivity index (χ4n) is 2.76. The lowest BCUT2D eigenvalue weighted by atomic mass is 9.83. The third kappa shape index (κ3) is 3.67. The average Bonchev–Trinajstić information content (AvgIpc) is 2.61. The summed E-state index contributed by atoms with van der Waals surface area (Å²) in [4.78, 5) is 23.2. The van der Waals surface area contributed by atoms with E-state index in [1.54, 1.807) is 31.2 Å². The van der Waals surface area contributed by atoms with Gasteiger partial charge in [-0.2, -0.15) is 13.8 Å². The molecule has 1 N–H and O–H groups in total. The van der Waals surface area contributed by atoms with Crippen LogP contribution in [0.2, 0.25) is 0 Å². The standard InChI is InChI=1S/C20H17F2N3O2/c1-11-9-14(19(26)27)24-16(10-11)20(2,3)15-6-4-5-13(23-15)12-7-8-17(21)25-18(12)22/h4-10H,1-3H3,(H,26,27). The minimum atomic E-state index is -1.11. The van der Waals surface area contributed by atoms with E-state index in [4.69, 9.17) is 0 Å².